The molecule has 0 bridgehead atoms. The van der Waals surface area contributed by atoms with E-state index in [2.05, 4.69) is 4.72 Å². The minimum atomic E-state index is 0.215. The van der Waals surface area contributed by atoms with E-state index in [-0.39, 0.29) is 5.91 Å². The molecule has 1 rings (SSSR count). The van der Waals surface area contributed by atoms with Gasteiger partial charge in [0.25, 0.3) is 0 Å². The molecule has 0 aliphatic carbocycles. The van der Waals surface area contributed by atoms with Crippen LogP contribution in [0.5, 0.6) is 0 Å². The molecule has 0 aromatic heterocycles. The number of nitrogens with one attached hydrogen (secondary N) is 1. The smallest absolute Gasteiger partial charge is 0.237 e. The van der Waals surface area contributed by atoms with Crippen molar-refractivity contribution in [1.82, 2.24) is 9.62 Å². The third kappa shape index (κ3) is 1.88. The molecule has 0 atom stereocenters. The SMILES string of the molecule is CCN1CCSNCC1=O. The van der Waals surface area contributed by atoms with Crippen LogP contribution in [-0.4, -0.2) is 36.2 Å². The van der Waals surface area contributed by atoms with Crippen molar-refractivity contribution in [2.75, 3.05) is 25.4 Å². The fourth-order valence-electron chi connectivity index (χ4n) is 0.912. The van der Waals surface area contributed by atoms with Crippen LogP contribution in [0.15, 0.2) is 0 Å². The van der Waals surface area contributed by atoms with Crippen LogP contribution in [0, 0.1) is 0 Å². The average molecular weight is 160 g/mol. The second kappa shape index (κ2) is 3.83. The molecule has 1 saturated heterocycles. The van der Waals surface area contributed by atoms with Gasteiger partial charge in [-0.2, -0.15) is 0 Å². The van der Waals surface area contributed by atoms with Crippen molar-refractivity contribution in [3.05, 3.63) is 0 Å². The van der Waals surface area contributed by atoms with Crippen molar-refractivity contribution in [3.63, 3.8) is 0 Å². The summed E-state index contributed by atoms with van der Waals surface area (Å²) in [7, 11) is 0. The fraction of sp³-hybridized carbons (Fsp3) is 0.833. The van der Waals surface area contributed by atoms with Crippen molar-refractivity contribution in [2.24, 2.45) is 0 Å². The Labute approximate surface area is 65.3 Å². The summed E-state index contributed by atoms with van der Waals surface area (Å²) < 4.78 is 2.99. The third-order valence-corrected chi connectivity index (χ3v) is 2.26. The topological polar surface area (TPSA) is 32.3 Å². The van der Waals surface area contributed by atoms with Crippen molar-refractivity contribution >= 4 is 17.9 Å². The van der Waals surface area contributed by atoms with Gasteiger partial charge in [-0.1, -0.05) is 11.9 Å². The lowest BCUT2D eigenvalue weighted by Gasteiger charge is -2.16. The summed E-state index contributed by atoms with van der Waals surface area (Å²) in [4.78, 5) is 13.0. The quantitative estimate of drug-likeness (QED) is 0.552. The highest BCUT2D eigenvalue weighted by Gasteiger charge is 2.13. The molecule has 3 nitrogen and oxygen atoms in total. The molecule has 0 aromatic rings. The minimum absolute atomic E-state index is 0.215. The van der Waals surface area contributed by atoms with Gasteiger partial charge in [0.05, 0.1) is 6.54 Å². The summed E-state index contributed by atoms with van der Waals surface area (Å²) in [6.45, 7) is 4.21. The van der Waals surface area contributed by atoms with E-state index in [0.29, 0.717) is 6.54 Å². The molecule has 1 fully saturated rings. The van der Waals surface area contributed by atoms with Crippen LogP contribution in [0.2, 0.25) is 0 Å². The first-order valence-corrected chi connectivity index (χ1v) is 4.45. The van der Waals surface area contributed by atoms with Gasteiger partial charge in [0, 0.05) is 18.8 Å². The molecule has 58 valence electrons. The monoisotopic (exact) mass is 160 g/mol. The summed E-state index contributed by atoms with van der Waals surface area (Å²) in [5, 5.41) is 0. The van der Waals surface area contributed by atoms with Gasteiger partial charge in [-0.15, -0.1) is 0 Å². The predicted molar refractivity (Wildman–Crippen MR) is 42.7 cm³/mol. The molecule has 0 unspecified atom stereocenters. The molecule has 1 aliphatic rings. The molecular formula is C6H12N2OS. The van der Waals surface area contributed by atoms with Gasteiger partial charge in [0.15, 0.2) is 0 Å². The van der Waals surface area contributed by atoms with E-state index in [1.54, 1.807) is 11.9 Å². The molecule has 1 amide bonds. The Bertz CT molecular complexity index is 129. The van der Waals surface area contributed by atoms with Crippen molar-refractivity contribution in [3.8, 4) is 0 Å². The first kappa shape index (κ1) is 7.88. The van der Waals surface area contributed by atoms with Crippen molar-refractivity contribution < 1.29 is 4.79 Å². The molecule has 0 saturated carbocycles. The summed E-state index contributed by atoms with van der Waals surface area (Å²) in [5.74, 6) is 1.21. The maximum atomic E-state index is 11.1. The Balaban J connectivity index is 2.43. The van der Waals surface area contributed by atoms with E-state index >= 15 is 0 Å². The largest absolute Gasteiger partial charge is 0.341 e. The minimum Gasteiger partial charge on any atom is -0.341 e. The second-order valence-corrected chi connectivity index (χ2v) is 3.13. The number of amides is 1. The highest BCUT2D eigenvalue weighted by atomic mass is 32.2. The fourth-order valence-corrected chi connectivity index (χ4v) is 1.59. The Morgan fingerprint density at radius 2 is 2.60 bits per heavy atom. The highest BCUT2D eigenvalue weighted by molar-refractivity contribution is 7.97. The molecule has 1 heterocycles. The molecule has 1 aliphatic heterocycles. The number of hydrogen-bond donors (Lipinski definition) is 1. The maximum Gasteiger partial charge on any atom is 0.237 e. The molecule has 10 heavy (non-hydrogen) atoms. The molecule has 4 heteroatoms. The number of rotatable bonds is 1. The van der Waals surface area contributed by atoms with Gasteiger partial charge < -0.3 is 4.90 Å². The standard InChI is InChI=1S/C6H12N2OS/c1-2-8-3-4-10-7-5-6(8)9/h7H,2-5H2,1H3. The third-order valence-electron chi connectivity index (χ3n) is 1.52. The van der Waals surface area contributed by atoms with E-state index < -0.39 is 0 Å². The zero-order valence-electron chi connectivity index (χ0n) is 6.09. The predicted octanol–water partition coefficient (Wildman–Crippen LogP) is 0.0863. The van der Waals surface area contributed by atoms with Gasteiger partial charge in [0.1, 0.15) is 0 Å². The van der Waals surface area contributed by atoms with Crippen LogP contribution in [0.25, 0.3) is 0 Å². The van der Waals surface area contributed by atoms with Crippen molar-refractivity contribution in [1.29, 1.82) is 0 Å². The van der Waals surface area contributed by atoms with E-state index in [1.807, 2.05) is 11.8 Å². The van der Waals surface area contributed by atoms with Gasteiger partial charge in [-0.3, -0.25) is 9.52 Å². The normalized spacial score (nSPS) is 20.9. The van der Waals surface area contributed by atoms with E-state index in [9.17, 15) is 4.79 Å². The van der Waals surface area contributed by atoms with Crippen LogP contribution in [0.4, 0.5) is 0 Å². The lowest BCUT2D eigenvalue weighted by molar-refractivity contribution is -0.129. The average Bonchev–Trinajstić information content (AvgIpc) is 2.13. The number of carbonyl (C=O) groups excluding carboxylic acids is 1. The zero-order chi connectivity index (χ0) is 7.40. The Kier molecular flexibility index (Phi) is 3.02. The van der Waals surface area contributed by atoms with Crippen LogP contribution in [0.1, 0.15) is 6.92 Å². The summed E-state index contributed by atoms with van der Waals surface area (Å²) in [5.41, 5.74) is 0. The van der Waals surface area contributed by atoms with Gasteiger partial charge in [0.2, 0.25) is 5.91 Å². The van der Waals surface area contributed by atoms with Crippen molar-refractivity contribution in [2.45, 2.75) is 6.92 Å². The van der Waals surface area contributed by atoms with Crippen LogP contribution < -0.4 is 4.72 Å². The first-order valence-electron chi connectivity index (χ1n) is 3.47. The summed E-state index contributed by atoms with van der Waals surface area (Å²) in [6, 6.07) is 0. The first-order chi connectivity index (χ1) is 4.84. The van der Waals surface area contributed by atoms with E-state index in [4.69, 9.17) is 0 Å². The molecular weight excluding hydrogens is 148 g/mol. The van der Waals surface area contributed by atoms with E-state index in [1.165, 1.54) is 0 Å². The summed E-state index contributed by atoms with van der Waals surface area (Å²) in [6.07, 6.45) is 0. The van der Waals surface area contributed by atoms with Crippen LogP contribution >= 0.6 is 11.9 Å². The highest BCUT2D eigenvalue weighted by Crippen LogP contribution is 2.01. The lowest BCUT2D eigenvalue weighted by atomic mass is 10.4. The van der Waals surface area contributed by atoms with Gasteiger partial charge in [-0.05, 0) is 6.92 Å². The van der Waals surface area contributed by atoms with Crippen LogP contribution in [0.3, 0.4) is 0 Å². The van der Waals surface area contributed by atoms with Gasteiger partial charge >= 0.3 is 0 Å². The zero-order valence-corrected chi connectivity index (χ0v) is 6.91. The van der Waals surface area contributed by atoms with Crippen LogP contribution in [-0.2, 0) is 4.79 Å². The molecule has 0 radical (unpaired) electrons. The van der Waals surface area contributed by atoms with Gasteiger partial charge in [-0.25, -0.2) is 0 Å². The second-order valence-electron chi connectivity index (χ2n) is 2.14. The molecule has 1 N–H and O–H groups in total. The Hall–Kier alpha value is -0.220. The number of hydrogen-bond acceptors (Lipinski definition) is 3. The Morgan fingerprint density at radius 3 is 3.30 bits per heavy atom. The number of carbonyl (C=O) groups is 1. The number of likely N-dealkylation sites (N-methyl/N-ethyl adjacent to an activating group) is 1. The number of nitrogens with zero attached hydrogens (tertiary/aromatic N) is 1. The lowest BCUT2D eigenvalue weighted by Crippen LogP contribution is -2.34. The Morgan fingerprint density at radius 1 is 1.80 bits per heavy atom. The maximum absolute atomic E-state index is 11.1. The van der Waals surface area contributed by atoms with E-state index in [0.717, 1.165) is 18.8 Å². The molecule has 0 spiro atoms. The molecule has 0 aromatic carbocycles. The summed E-state index contributed by atoms with van der Waals surface area (Å²) >= 11 is 1.63.